The normalized spacial score (nSPS) is 20.5. The van der Waals surface area contributed by atoms with Crippen molar-refractivity contribution in [2.75, 3.05) is 26.3 Å². The Labute approximate surface area is 161 Å². The van der Waals surface area contributed by atoms with Crippen LogP contribution in [-0.2, 0) is 14.3 Å². The van der Waals surface area contributed by atoms with Gasteiger partial charge in [0.1, 0.15) is 6.61 Å². The van der Waals surface area contributed by atoms with Gasteiger partial charge in [-0.3, -0.25) is 14.8 Å². The SMILES string of the molecule is CCOC(=O)C1COC(=O)N1C1CCN(C(=O)c2n[nH]c3ccccc23)CC1. The van der Waals surface area contributed by atoms with Gasteiger partial charge in [0.2, 0.25) is 0 Å². The number of aromatic amines is 1. The fraction of sp³-hybridized carbons (Fsp3) is 0.474. The van der Waals surface area contributed by atoms with Gasteiger partial charge in [-0.25, -0.2) is 9.59 Å². The zero-order valence-electron chi connectivity index (χ0n) is 15.6. The molecule has 1 unspecified atom stereocenters. The van der Waals surface area contributed by atoms with Gasteiger partial charge in [-0.05, 0) is 25.8 Å². The van der Waals surface area contributed by atoms with Gasteiger partial charge in [0.05, 0.1) is 12.1 Å². The molecule has 1 aromatic heterocycles. The number of carbonyl (C=O) groups is 3. The van der Waals surface area contributed by atoms with Gasteiger partial charge in [0.15, 0.2) is 11.7 Å². The van der Waals surface area contributed by atoms with Crippen LogP contribution in [0.1, 0.15) is 30.3 Å². The lowest BCUT2D eigenvalue weighted by atomic mass is 10.0. The summed E-state index contributed by atoms with van der Waals surface area (Å²) < 4.78 is 10.1. The second-order valence-corrected chi connectivity index (χ2v) is 6.89. The number of benzene rings is 1. The number of hydrogen-bond acceptors (Lipinski definition) is 6. The quantitative estimate of drug-likeness (QED) is 0.800. The molecule has 2 fully saturated rings. The van der Waals surface area contributed by atoms with E-state index in [1.54, 1.807) is 11.8 Å². The summed E-state index contributed by atoms with van der Waals surface area (Å²) in [5.41, 5.74) is 1.22. The second kappa shape index (κ2) is 7.49. The number of rotatable bonds is 4. The molecule has 0 saturated carbocycles. The molecular formula is C19H22N4O5. The number of carbonyl (C=O) groups excluding carboxylic acids is 3. The summed E-state index contributed by atoms with van der Waals surface area (Å²) in [7, 11) is 0. The average Bonchev–Trinajstić information content (AvgIpc) is 3.31. The number of aromatic nitrogens is 2. The van der Waals surface area contributed by atoms with E-state index in [0.29, 0.717) is 31.6 Å². The highest BCUT2D eigenvalue weighted by Gasteiger charge is 2.44. The van der Waals surface area contributed by atoms with E-state index in [9.17, 15) is 14.4 Å². The summed E-state index contributed by atoms with van der Waals surface area (Å²) in [5.74, 6) is -0.586. The van der Waals surface area contributed by atoms with E-state index < -0.39 is 18.1 Å². The third-order valence-corrected chi connectivity index (χ3v) is 5.29. The van der Waals surface area contributed by atoms with E-state index >= 15 is 0 Å². The van der Waals surface area contributed by atoms with Crippen molar-refractivity contribution >= 4 is 28.9 Å². The number of H-pyrrole nitrogens is 1. The van der Waals surface area contributed by atoms with Gasteiger partial charge >= 0.3 is 12.1 Å². The number of amides is 2. The van der Waals surface area contributed by atoms with E-state index in [1.165, 1.54) is 4.90 Å². The highest BCUT2D eigenvalue weighted by atomic mass is 16.6. The number of fused-ring (bicyclic) bond motifs is 1. The number of esters is 1. The third kappa shape index (κ3) is 3.17. The molecular weight excluding hydrogens is 364 g/mol. The van der Waals surface area contributed by atoms with Crippen molar-refractivity contribution in [1.82, 2.24) is 20.0 Å². The molecule has 0 spiro atoms. The van der Waals surface area contributed by atoms with Gasteiger partial charge in [-0.2, -0.15) is 5.10 Å². The van der Waals surface area contributed by atoms with E-state index in [2.05, 4.69) is 10.2 Å². The minimum absolute atomic E-state index is 0.00999. The topological polar surface area (TPSA) is 105 Å². The molecule has 28 heavy (non-hydrogen) atoms. The van der Waals surface area contributed by atoms with Crippen molar-refractivity contribution in [2.24, 2.45) is 0 Å². The number of nitrogens with one attached hydrogen (secondary N) is 1. The van der Waals surface area contributed by atoms with Crippen LogP contribution in [0.4, 0.5) is 4.79 Å². The van der Waals surface area contributed by atoms with Crippen LogP contribution in [0.3, 0.4) is 0 Å². The maximum absolute atomic E-state index is 12.9. The standard InChI is InChI=1S/C19H22N4O5/c1-2-27-18(25)15-11-28-19(26)23(15)12-7-9-22(10-8-12)17(24)16-13-5-3-4-6-14(13)20-21-16/h3-6,12,15H,2,7-11H2,1H3,(H,20,21). The highest BCUT2D eigenvalue weighted by Crippen LogP contribution is 2.26. The Morgan fingerprint density at radius 1 is 1.29 bits per heavy atom. The van der Waals surface area contributed by atoms with E-state index in [1.807, 2.05) is 24.3 Å². The minimum Gasteiger partial charge on any atom is -0.464 e. The minimum atomic E-state index is -0.713. The summed E-state index contributed by atoms with van der Waals surface area (Å²) in [6.07, 6.45) is 0.638. The first-order chi connectivity index (χ1) is 13.6. The first-order valence-corrected chi connectivity index (χ1v) is 9.44. The lowest BCUT2D eigenvalue weighted by molar-refractivity contribution is -0.148. The van der Waals surface area contributed by atoms with Crippen LogP contribution < -0.4 is 0 Å². The van der Waals surface area contributed by atoms with Gasteiger partial charge in [0, 0.05) is 24.5 Å². The highest BCUT2D eigenvalue weighted by molar-refractivity contribution is 6.04. The Hall–Kier alpha value is -3.10. The van der Waals surface area contributed by atoms with Crippen LogP contribution in [0.2, 0.25) is 0 Å². The van der Waals surface area contributed by atoms with Crippen molar-refractivity contribution in [2.45, 2.75) is 31.8 Å². The average molecular weight is 386 g/mol. The zero-order chi connectivity index (χ0) is 19.7. The summed E-state index contributed by atoms with van der Waals surface area (Å²) >= 11 is 0. The van der Waals surface area contributed by atoms with Gasteiger partial charge < -0.3 is 14.4 Å². The largest absolute Gasteiger partial charge is 0.464 e. The molecule has 2 aliphatic heterocycles. The number of nitrogens with zero attached hydrogens (tertiary/aromatic N) is 3. The Morgan fingerprint density at radius 3 is 2.79 bits per heavy atom. The first-order valence-electron chi connectivity index (χ1n) is 9.44. The molecule has 1 N–H and O–H groups in total. The Morgan fingerprint density at radius 2 is 2.04 bits per heavy atom. The Bertz CT molecular complexity index is 903. The molecule has 0 bridgehead atoms. The van der Waals surface area contributed by atoms with Crippen LogP contribution >= 0.6 is 0 Å². The summed E-state index contributed by atoms with van der Waals surface area (Å²) in [6, 6.07) is 6.62. The molecule has 148 valence electrons. The maximum atomic E-state index is 12.9. The maximum Gasteiger partial charge on any atom is 0.410 e. The van der Waals surface area contributed by atoms with Crippen molar-refractivity contribution in [3.8, 4) is 0 Å². The fourth-order valence-electron chi connectivity index (χ4n) is 3.88. The lowest BCUT2D eigenvalue weighted by Gasteiger charge is -2.37. The van der Waals surface area contributed by atoms with E-state index in [4.69, 9.17) is 9.47 Å². The molecule has 9 nitrogen and oxygen atoms in total. The molecule has 4 rings (SSSR count). The third-order valence-electron chi connectivity index (χ3n) is 5.29. The first kappa shape index (κ1) is 18.3. The monoisotopic (exact) mass is 386 g/mol. The summed E-state index contributed by atoms with van der Waals surface area (Å²) in [5, 5.41) is 7.84. The van der Waals surface area contributed by atoms with Gasteiger partial charge in [-0.1, -0.05) is 18.2 Å². The molecule has 1 aromatic carbocycles. The molecule has 0 radical (unpaired) electrons. The van der Waals surface area contributed by atoms with Crippen LogP contribution in [0.15, 0.2) is 24.3 Å². The molecule has 1 atom stereocenters. The molecule has 3 heterocycles. The number of ether oxygens (including phenoxy) is 2. The molecule has 2 amide bonds. The molecule has 0 aliphatic carbocycles. The van der Waals surface area contributed by atoms with Crippen molar-refractivity contribution < 1.29 is 23.9 Å². The number of para-hydroxylation sites is 1. The molecule has 2 saturated heterocycles. The second-order valence-electron chi connectivity index (χ2n) is 6.89. The summed E-state index contributed by atoms with van der Waals surface area (Å²) in [6.45, 7) is 2.94. The van der Waals surface area contributed by atoms with Crippen molar-refractivity contribution in [3.05, 3.63) is 30.0 Å². The van der Waals surface area contributed by atoms with E-state index in [-0.39, 0.29) is 25.2 Å². The predicted octanol–water partition coefficient (Wildman–Crippen LogP) is 1.55. The zero-order valence-corrected chi connectivity index (χ0v) is 15.6. The number of hydrogen-bond donors (Lipinski definition) is 1. The smallest absolute Gasteiger partial charge is 0.410 e. The van der Waals surface area contributed by atoms with Crippen LogP contribution in [0.5, 0.6) is 0 Å². The van der Waals surface area contributed by atoms with Crippen LogP contribution in [0.25, 0.3) is 10.9 Å². The van der Waals surface area contributed by atoms with Gasteiger partial charge in [0.25, 0.3) is 5.91 Å². The summed E-state index contributed by atoms with van der Waals surface area (Å²) in [4.78, 5) is 40.4. The van der Waals surface area contributed by atoms with Gasteiger partial charge in [-0.15, -0.1) is 0 Å². The number of cyclic esters (lactones) is 1. The Balaban J connectivity index is 1.43. The number of piperidine rings is 1. The fourth-order valence-corrected chi connectivity index (χ4v) is 3.88. The van der Waals surface area contributed by atoms with Crippen molar-refractivity contribution in [3.63, 3.8) is 0 Å². The molecule has 9 heteroatoms. The van der Waals surface area contributed by atoms with Crippen molar-refractivity contribution in [1.29, 1.82) is 0 Å². The lowest BCUT2D eigenvalue weighted by Crippen LogP contribution is -2.52. The Kier molecular flexibility index (Phi) is 4.89. The molecule has 2 aliphatic rings. The predicted molar refractivity (Wildman–Crippen MR) is 98.6 cm³/mol. The van der Waals surface area contributed by atoms with Crippen LogP contribution in [-0.4, -0.2) is 76.4 Å². The molecule has 2 aromatic rings. The van der Waals surface area contributed by atoms with E-state index in [0.717, 1.165) is 10.9 Å². The van der Waals surface area contributed by atoms with Crippen LogP contribution in [0, 0.1) is 0 Å². The number of likely N-dealkylation sites (tertiary alicyclic amines) is 1.